The van der Waals surface area contributed by atoms with Crippen molar-refractivity contribution in [2.45, 2.75) is 26.5 Å². The normalized spacial score (nSPS) is 12.2. The van der Waals surface area contributed by atoms with Gasteiger partial charge in [0.05, 0.1) is 18.7 Å². The van der Waals surface area contributed by atoms with E-state index in [-0.39, 0.29) is 24.9 Å². The number of aromatic nitrogens is 1. The maximum absolute atomic E-state index is 11.9. The molecule has 1 aromatic heterocycles. The Balaban J connectivity index is 2.98. The van der Waals surface area contributed by atoms with Gasteiger partial charge in [0.2, 0.25) is 0 Å². The van der Waals surface area contributed by atoms with E-state index in [9.17, 15) is 13.6 Å². The van der Waals surface area contributed by atoms with Crippen LogP contribution in [0, 0.1) is 11.3 Å². The minimum atomic E-state index is -2.56. The van der Waals surface area contributed by atoms with Crippen molar-refractivity contribution in [2.24, 2.45) is 0 Å². The minimum Gasteiger partial charge on any atom is -0.760 e. The molecule has 0 aliphatic rings. The SMILES string of the molecule is CC(C)OC(=O)c1ncccc1CN(CC#N)S(=O)[O-]. The molecule has 0 amide bonds. The molecule has 0 saturated carbocycles. The van der Waals surface area contributed by atoms with Crippen molar-refractivity contribution >= 4 is 17.2 Å². The number of carbonyl (C=O) groups excluding carboxylic acids is 1. The lowest BCUT2D eigenvalue weighted by molar-refractivity contribution is 0.0368. The summed E-state index contributed by atoms with van der Waals surface area (Å²) in [6.07, 6.45) is 1.12. The first-order chi connectivity index (χ1) is 9.45. The fourth-order valence-electron chi connectivity index (χ4n) is 1.45. The van der Waals surface area contributed by atoms with Gasteiger partial charge in [0, 0.05) is 29.6 Å². The summed E-state index contributed by atoms with van der Waals surface area (Å²) in [4.78, 5) is 15.8. The first kappa shape index (κ1) is 16.2. The topological polar surface area (TPSA) is 106 Å². The fourth-order valence-corrected chi connectivity index (χ4v) is 1.86. The minimum absolute atomic E-state index is 0.0505. The molecular formula is C12H14N3O4S-. The average Bonchev–Trinajstić information content (AvgIpc) is 2.37. The molecule has 0 saturated heterocycles. The van der Waals surface area contributed by atoms with Gasteiger partial charge in [-0.15, -0.1) is 0 Å². The van der Waals surface area contributed by atoms with Crippen molar-refractivity contribution in [2.75, 3.05) is 6.54 Å². The van der Waals surface area contributed by atoms with E-state index in [0.717, 1.165) is 4.31 Å². The molecular weight excluding hydrogens is 282 g/mol. The predicted octanol–water partition coefficient (Wildman–Crippen LogP) is 0.766. The Bertz CT molecular complexity index is 542. The summed E-state index contributed by atoms with van der Waals surface area (Å²) < 4.78 is 27.9. The zero-order valence-corrected chi connectivity index (χ0v) is 11.9. The van der Waals surface area contributed by atoms with Crippen molar-refractivity contribution in [3.05, 3.63) is 29.6 Å². The lowest BCUT2D eigenvalue weighted by Crippen LogP contribution is -2.27. The molecule has 20 heavy (non-hydrogen) atoms. The molecule has 8 heteroatoms. The van der Waals surface area contributed by atoms with E-state index in [1.807, 2.05) is 0 Å². The third-order valence-corrected chi connectivity index (χ3v) is 2.91. The summed E-state index contributed by atoms with van der Waals surface area (Å²) in [5, 5.41) is 8.59. The molecule has 1 atom stereocenters. The monoisotopic (exact) mass is 296 g/mol. The lowest BCUT2D eigenvalue weighted by Gasteiger charge is -2.21. The van der Waals surface area contributed by atoms with Gasteiger partial charge in [-0.05, 0) is 19.9 Å². The Labute approximate surface area is 119 Å². The van der Waals surface area contributed by atoms with Crippen LogP contribution in [0.25, 0.3) is 0 Å². The molecule has 0 N–H and O–H groups in total. The lowest BCUT2D eigenvalue weighted by atomic mass is 10.2. The second-order valence-electron chi connectivity index (χ2n) is 4.14. The number of nitriles is 1. The van der Waals surface area contributed by atoms with E-state index in [1.165, 1.54) is 6.20 Å². The van der Waals surface area contributed by atoms with Crippen LogP contribution < -0.4 is 0 Å². The first-order valence-corrected chi connectivity index (χ1v) is 6.85. The molecule has 1 unspecified atom stereocenters. The summed E-state index contributed by atoms with van der Waals surface area (Å²) in [6, 6.07) is 4.90. The Hall–Kier alpha value is -1.82. The number of nitrogens with zero attached hydrogens (tertiary/aromatic N) is 3. The summed E-state index contributed by atoms with van der Waals surface area (Å²) in [5.74, 6) is -0.621. The van der Waals surface area contributed by atoms with Crippen molar-refractivity contribution in [1.82, 2.24) is 9.29 Å². The maximum atomic E-state index is 11.9. The number of hydrogen-bond acceptors (Lipinski definition) is 6. The van der Waals surface area contributed by atoms with E-state index in [4.69, 9.17) is 10.00 Å². The fraction of sp³-hybridized carbons (Fsp3) is 0.417. The zero-order chi connectivity index (χ0) is 15.1. The van der Waals surface area contributed by atoms with Gasteiger partial charge < -0.3 is 9.29 Å². The maximum Gasteiger partial charge on any atom is 0.357 e. The molecule has 0 fully saturated rings. The smallest absolute Gasteiger partial charge is 0.357 e. The number of pyridine rings is 1. The summed E-state index contributed by atoms with van der Waals surface area (Å²) in [6.45, 7) is 2.99. The highest BCUT2D eigenvalue weighted by atomic mass is 32.2. The Morgan fingerprint density at radius 2 is 2.35 bits per heavy atom. The standard InChI is InChI=1S/C12H15N3O4S/c1-9(2)19-12(16)11-10(4-3-6-14-11)8-15(7-5-13)20(17)18/h3-4,6,9H,7-8H2,1-2H3,(H,17,18)/p-1. The number of hydrogen-bond donors (Lipinski definition) is 0. The highest BCUT2D eigenvalue weighted by molar-refractivity contribution is 7.76. The van der Waals surface area contributed by atoms with Gasteiger partial charge in [-0.3, -0.25) is 4.21 Å². The number of esters is 1. The van der Waals surface area contributed by atoms with E-state index in [0.29, 0.717) is 5.56 Å². The van der Waals surface area contributed by atoms with Crippen molar-refractivity contribution < 1.29 is 18.3 Å². The molecule has 0 spiro atoms. The van der Waals surface area contributed by atoms with Gasteiger partial charge in [0.1, 0.15) is 0 Å². The van der Waals surface area contributed by atoms with Crippen LogP contribution in [-0.2, 0) is 22.5 Å². The molecule has 108 valence electrons. The molecule has 1 rings (SSSR count). The van der Waals surface area contributed by atoms with Crippen LogP contribution in [0.4, 0.5) is 0 Å². The number of carbonyl (C=O) groups is 1. The molecule has 0 radical (unpaired) electrons. The van der Waals surface area contributed by atoms with E-state index in [1.54, 1.807) is 32.0 Å². The Morgan fingerprint density at radius 3 is 2.90 bits per heavy atom. The second kappa shape index (κ2) is 7.69. The van der Waals surface area contributed by atoms with Gasteiger partial charge >= 0.3 is 5.97 Å². The first-order valence-electron chi connectivity index (χ1n) is 5.81. The third kappa shape index (κ3) is 4.70. The number of rotatable bonds is 6. The van der Waals surface area contributed by atoms with Crippen LogP contribution in [0.1, 0.15) is 29.9 Å². The van der Waals surface area contributed by atoms with E-state index < -0.39 is 17.2 Å². The molecule has 7 nitrogen and oxygen atoms in total. The van der Waals surface area contributed by atoms with Crippen LogP contribution in [0.15, 0.2) is 18.3 Å². The van der Waals surface area contributed by atoms with Crippen molar-refractivity contribution in [1.29, 1.82) is 5.26 Å². The van der Waals surface area contributed by atoms with Crippen molar-refractivity contribution in [3.63, 3.8) is 0 Å². The van der Waals surface area contributed by atoms with E-state index in [2.05, 4.69) is 4.98 Å². The van der Waals surface area contributed by atoms with Gasteiger partial charge in [0.15, 0.2) is 5.69 Å². The highest BCUT2D eigenvalue weighted by Crippen LogP contribution is 2.12. The summed E-state index contributed by atoms with van der Waals surface area (Å²) in [7, 11) is 0. The average molecular weight is 296 g/mol. The van der Waals surface area contributed by atoms with Crippen LogP contribution >= 0.6 is 0 Å². The second-order valence-corrected chi connectivity index (χ2v) is 5.09. The van der Waals surface area contributed by atoms with Crippen LogP contribution in [-0.4, -0.2) is 36.7 Å². The van der Waals surface area contributed by atoms with Crippen molar-refractivity contribution in [3.8, 4) is 6.07 Å². The van der Waals surface area contributed by atoms with E-state index >= 15 is 0 Å². The van der Waals surface area contributed by atoms with Gasteiger partial charge in [-0.2, -0.15) is 5.26 Å². The zero-order valence-electron chi connectivity index (χ0n) is 11.1. The third-order valence-electron chi connectivity index (χ3n) is 2.23. The highest BCUT2D eigenvalue weighted by Gasteiger charge is 2.18. The van der Waals surface area contributed by atoms with Gasteiger partial charge in [0.25, 0.3) is 0 Å². The molecule has 1 aromatic rings. The Morgan fingerprint density at radius 1 is 1.65 bits per heavy atom. The largest absolute Gasteiger partial charge is 0.760 e. The molecule has 0 aromatic carbocycles. The van der Waals surface area contributed by atoms with Gasteiger partial charge in [-0.1, -0.05) is 6.07 Å². The predicted molar refractivity (Wildman–Crippen MR) is 69.7 cm³/mol. The van der Waals surface area contributed by atoms with Crippen LogP contribution in [0.2, 0.25) is 0 Å². The summed E-state index contributed by atoms with van der Waals surface area (Å²) in [5.41, 5.74) is 0.437. The molecule has 1 heterocycles. The Kier molecular flexibility index (Phi) is 6.24. The van der Waals surface area contributed by atoms with Crippen LogP contribution in [0.3, 0.4) is 0 Å². The summed E-state index contributed by atoms with van der Waals surface area (Å²) >= 11 is -2.56. The van der Waals surface area contributed by atoms with Crippen LogP contribution in [0.5, 0.6) is 0 Å². The molecule has 0 aliphatic heterocycles. The quantitative estimate of drug-likeness (QED) is 0.436. The molecule has 0 aliphatic carbocycles. The number of ether oxygens (including phenoxy) is 1. The molecule has 0 bridgehead atoms. The van der Waals surface area contributed by atoms with Gasteiger partial charge in [-0.25, -0.2) is 14.1 Å².